The summed E-state index contributed by atoms with van der Waals surface area (Å²) >= 11 is 7.80. The summed E-state index contributed by atoms with van der Waals surface area (Å²) in [4.78, 5) is 15.6. The molecule has 1 aromatic carbocycles. The monoisotopic (exact) mass is 348 g/mol. The summed E-state index contributed by atoms with van der Waals surface area (Å²) in [5.74, 6) is 0.409. The van der Waals surface area contributed by atoms with Crippen LogP contribution in [0.1, 0.15) is 30.1 Å². The molecular weight excluding hydrogens is 327 g/mol. The summed E-state index contributed by atoms with van der Waals surface area (Å²) in [6, 6.07) is 5.74. The fourth-order valence-electron chi connectivity index (χ4n) is 2.59. The number of nitrogens with zero attached hydrogens (tertiary/aromatic N) is 1. The normalized spacial score (nSPS) is 19.8. The topological polar surface area (TPSA) is 46.3 Å². The van der Waals surface area contributed by atoms with Gasteiger partial charge in [0.2, 0.25) is 0 Å². The number of hydrogen-bond donors (Lipinski definition) is 1. The number of piperidine rings is 1. The summed E-state index contributed by atoms with van der Waals surface area (Å²) in [5.41, 5.74) is 6.58. The number of carbonyl (C=O) groups is 1. The first-order chi connectivity index (χ1) is 9.52. The Kier molecular flexibility index (Phi) is 7.34. The number of amides is 1. The van der Waals surface area contributed by atoms with Gasteiger partial charge < -0.3 is 10.6 Å². The van der Waals surface area contributed by atoms with Crippen molar-refractivity contribution >= 4 is 41.7 Å². The van der Waals surface area contributed by atoms with Gasteiger partial charge in [-0.2, -0.15) is 0 Å². The highest BCUT2D eigenvalue weighted by Gasteiger charge is 2.27. The number of likely N-dealkylation sites (tertiary alicyclic amines) is 1. The van der Waals surface area contributed by atoms with Crippen LogP contribution >= 0.6 is 35.8 Å². The van der Waals surface area contributed by atoms with Crippen LogP contribution in [0.25, 0.3) is 0 Å². The van der Waals surface area contributed by atoms with E-state index < -0.39 is 0 Å². The van der Waals surface area contributed by atoms with Crippen molar-refractivity contribution < 1.29 is 4.79 Å². The lowest BCUT2D eigenvalue weighted by Crippen LogP contribution is -2.45. The number of thioether (sulfide) groups is 1. The lowest BCUT2D eigenvalue weighted by atomic mass is 9.92. The molecule has 1 aromatic rings. The fourth-order valence-corrected chi connectivity index (χ4v) is 3.23. The maximum absolute atomic E-state index is 12.6. The summed E-state index contributed by atoms with van der Waals surface area (Å²) in [6.07, 6.45) is 4.10. The third-order valence-corrected chi connectivity index (χ3v) is 4.95. The zero-order valence-corrected chi connectivity index (χ0v) is 14.7. The lowest BCUT2D eigenvalue weighted by Gasteiger charge is -2.34. The van der Waals surface area contributed by atoms with Gasteiger partial charge in [-0.1, -0.05) is 11.6 Å². The van der Waals surface area contributed by atoms with Gasteiger partial charge in [-0.3, -0.25) is 4.79 Å². The average molecular weight is 349 g/mol. The molecule has 6 heteroatoms. The van der Waals surface area contributed by atoms with E-state index in [4.69, 9.17) is 17.3 Å². The van der Waals surface area contributed by atoms with E-state index in [1.165, 1.54) is 0 Å². The number of benzene rings is 1. The summed E-state index contributed by atoms with van der Waals surface area (Å²) in [7, 11) is 0. The van der Waals surface area contributed by atoms with Crippen molar-refractivity contribution in [2.24, 2.45) is 11.7 Å². The van der Waals surface area contributed by atoms with Crippen LogP contribution in [-0.2, 0) is 0 Å². The number of carbonyl (C=O) groups excluding carboxylic acids is 1. The van der Waals surface area contributed by atoms with E-state index in [2.05, 4.69) is 0 Å². The van der Waals surface area contributed by atoms with E-state index in [-0.39, 0.29) is 24.4 Å². The van der Waals surface area contributed by atoms with Gasteiger partial charge in [-0.05, 0) is 50.1 Å². The molecule has 0 radical (unpaired) electrons. The zero-order chi connectivity index (χ0) is 14.7. The van der Waals surface area contributed by atoms with E-state index in [0.29, 0.717) is 16.5 Å². The van der Waals surface area contributed by atoms with Gasteiger partial charge in [-0.25, -0.2) is 0 Å². The van der Waals surface area contributed by atoms with Gasteiger partial charge in [0.1, 0.15) is 0 Å². The quantitative estimate of drug-likeness (QED) is 0.847. The van der Waals surface area contributed by atoms with Crippen molar-refractivity contribution in [3.63, 3.8) is 0 Å². The molecule has 1 fully saturated rings. The van der Waals surface area contributed by atoms with Crippen LogP contribution in [0.2, 0.25) is 5.02 Å². The highest BCUT2D eigenvalue weighted by Crippen LogP contribution is 2.26. The second-order valence-corrected chi connectivity index (χ2v) is 6.65. The number of hydrogen-bond acceptors (Lipinski definition) is 3. The molecule has 1 heterocycles. The molecule has 2 unspecified atom stereocenters. The van der Waals surface area contributed by atoms with Gasteiger partial charge in [0.25, 0.3) is 5.91 Å². The molecule has 118 valence electrons. The Morgan fingerprint density at radius 3 is 2.86 bits per heavy atom. The average Bonchev–Trinajstić information content (AvgIpc) is 2.47. The van der Waals surface area contributed by atoms with E-state index in [1.54, 1.807) is 17.8 Å². The molecule has 0 bridgehead atoms. The minimum atomic E-state index is 0. The highest BCUT2D eigenvalue weighted by atomic mass is 35.5. The largest absolute Gasteiger partial charge is 0.338 e. The number of rotatable bonds is 3. The van der Waals surface area contributed by atoms with Gasteiger partial charge in [0.05, 0.1) is 10.6 Å². The van der Waals surface area contributed by atoms with E-state index in [0.717, 1.165) is 30.8 Å². The molecule has 0 aromatic heterocycles. The maximum Gasteiger partial charge on any atom is 0.255 e. The summed E-state index contributed by atoms with van der Waals surface area (Å²) < 4.78 is 0. The Balaban J connectivity index is 0.00000220. The van der Waals surface area contributed by atoms with Gasteiger partial charge in [0, 0.05) is 24.0 Å². The highest BCUT2D eigenvalue weighted by molar-refractivity contribution is 7.98. The van der Waals surface area contributed by atoms with Crippen molar-refractivity contribution in [3.05, 3.63) is 28.8 Å². The Bertz CT molecular complexity index is 497. The number of nitrogens with two attached hydrogens (primary N) is 1. The Labute approximate surface area is 142 Å². The third-order valence-electron chi connectivity index (χ3n) is 3.89. The zero-order valence-electron chi connectivity index (χ0n) is 12.3. The molecule has 1 aliphatic heterocycles. The first-order valence-electron chi connectivity index (χ1n) is 6.91. The molecule has 1 saturated heterocycles. The third kappa shape index (κ3) is 4.52. The Hall–Kier alpha value is -0.420. The molecule has 2 rings (SSSR count). The molecular formula is C15H22Cl2N2OS. The molecule has 3 nitrogen and oxygen atoms in total. The summed E-state index contributed by atoms with van der Waals surface area (Å²) in [5, 5.41) is 0.524. The predicted octanol–water partition coefficient (Wildman–Crippen LogP) is 3.68. The molecule has 0 saturated carbocycles. The fraction of sp³-hybridized carbons (Fsp3) is 0.533. The summed E-state index contributed by atoms with van der Waals surface area (Å²) in [6.45, 7) is 3.54. The van der Waals surface area contributed by atoms with Crippen LogP contribution in [-0.4, -0.2) is 36.2 Å². The molecule has 1 aliphatic rings. The van der Waals surface area contributed by atoms with Gasteiger partial charge in [-0.15, -0.1) is 24.2 Å². The Morgan fingerprint density at radius 2 is 2.24 bits per heavy atom. The van der Waals surface area contributed by atoms with Crippen molar-refractivity contribution in [1.82, 2.24) is 4.90 Å². The first kappa shape index (κ1) is 18.6. The van der Waals surface area contributed by atoms with Crippen molar-refractivity contribution in [1.29, 1.82) is 0 Å². The number of halogens is 2. The van der Waals surface area contributed by atoms with Gasteiger partial charge >= 0.3 is 0 Å². The van der Waals surface area contributed by atoms with Crippen LogP contribution in [0, 0.1) is 5.92 Å². The molecule has 2 N–H and O–H groups in total. The second kappa shape index (κ2) is 8.28. The van der Waals surface area contributed by atoms with Crippen molar-refractivity contribution in [3.8, 4) is 0 Å². The minimum absolute atomic E-state index is 0. The molecule has 21 heavy (non-hydrogen) atoms. The van der Waals surface area contributed by atoms with E-state index >= 15 is 0 Å². The first-order valence-corrected chi connectivity index (χ1v) is 8.51. The lowest BCUT2D eigenvalue weighted by molar-refractivity contribution is 0.0661. The van der Waals surface area contributed by atoms with Crippen LogP contribution < -0.4 is 5.73 Å². The molecule has 0 aliphatic carbocycles. The molecule has 0 spiro atoms. The van der Waals surface area contributed by atoms with E-state index in [9.17, 15) is 4.79 Å². The van der Waals surface area contributed by atoms with Crippen molar-refractivity contribution in [2.45, 2.75) is 30.7 Å². The van der Waals surface area contributed by atoms with Crippen LogP contribution in [0.3, 0.4) is 0 Å². The second-order valence-electron chi connectivity index (χ2n) is 5.36. The van der Waals surface area contributed by atoms with Crippen LogP contribution in [0.4, 0.5) is 0 Å². The van der Waals surface area contributed by atoms with E-state index in [1.807, 2.05) is 30.2 Å². The maximum atomic E-state index is 12.6. The SMILES string of the molecule is CSc1ccc(Cl)c(C(=O)N2CCCC(C(C)N)C2)c1.Cl. The van der Waals surface area contributed by atoms with Crippen LogP contribution in [0.15, 0.2) is 23.1 Å². The van der Waals surface area contributed by atoms with Gasteiger partial charge in [0.15, 0.2) is 0 Å². The molecule has 2 atom stereocenters. The van der Waals surface area contributed by atoms with Crippen LogP contribution in [0.5, 0.6) is 0 Å². The standard InChI is InChI=1S/C15H21ClN2OS.ClH/c1-10(17)11-4-3-7-18(9-11)15(19)13-8-12(20-2)5-6-14(13)16;/h5-6,8,10-11H,3-4,7,9,17H2,1-2H3;1H. The smallest absolute Gasteiger partial charge is 0.255 e. The Morgan fingerprint density at radius 1 is 1.52 bits per heavy atom. The predicted molar refractivity (Wildman–Crippen MR) is 92.8 cm³/mol. The van der Waals surface area contributed by atoms with Crippen molar-refractivity contribution in [2.75, 3.05) is 19.3 Å². The molecule has 1 amide bonds. The minimum Gasteiger partial charge on any atom is -0.338 e.